The molecule has 1 aliphatic heterocycles. The van der Waals surface area contributed by atoms with Crippen LogP contribution in [0.4, 0.5) is 10.5 Å². The van der Waals surface area contributed by atoms with Gasteiger partial charge in [0.15, 0.2) is 0 Å². The van der Waals surface area contributed by atoms with E-state index in [1.807, 2.05) is 41.2 Å². The molecule has 0 aliphatic carbocycles. The maximum atomic E-state index is 12.4. The number of amides is 2. The first-order valence-electron chi connectivity index (χ1n) is 10.7. The van der Waals surface area contributed by atoms with Crippen molar-refractivity contribution in [2.75, 3.05) is 25.1 Å². The number of anilines is 1. The fourth-order valence-electron chi connectivity index (χ4n) is 3.91. The summed E-state index contributed by atoms with van der Waals surface area (Å²) in [6.45, 7) is 3.07. The summed E-state index contributed by atoms with van der Waals surface area (Å²) in [7, 11) is 1.68. The Morgan fingerprint density at radius 3 is 2.58 bits per heavy atom. The predicted octanol–water partition coefficient (Wildman–Crippen LogP) is 3.41. The van der Waals surface area contributed by atoms with Gasteiger partial charge in [0, 0.05) is 43.8 Å². The molecule has 1 fully saturated rings. The second-order valence-corrected chi connectivity index (χ2v) is 7.81. The number of carbonyl (C=O) groups excluding carboxylic acids is 1. The Morgan fingerprint density at radius 2 is 1.87 bits per heavy atom. The molecule has 31 heavy (non-hydrogen) atoms. The lowest BCUT2D eigenvalue weighted by atomic mass is 10.0. The van der Waals surface area contributed by atoms with Gasteiger partial charge < -0.3 is 20.3 Å². The molecule has 162 valence electrons. The van der Waals surface area contributed by atoms with Crippen molar-refractivity contribution in [1.29, 1.82) is 0 Å². The number of hydrogen-bond donors (Lipinski definition) is 2. The first-order chi connectivity index (χ1) is 15.2. The zero-order valence-electron chi connectivity index (χ0n) is 17.8. The summed E-state index contributed by atoms with van der Waals surface area (Å²) in [5.41, 5.74) is 3.43. The molecule has 1 aliphatic rings. The predicted molar refractivity (Wildman–Crippen MR) is 121 cm³/mol. The smallest absolute Gasteiger partial charge is 0.315 e. The number of carbonyl (C=O) groups is 1. The molecule has 2 heterocycles. The molecule has 2 N–H and O–H groups in total. The zero-order valence-corrected chi connectivity index (χ0v) is 17.8. The molecule has 1 aromatic heterocycles. The quantitative estimate of drug-likeness (QED) is 0.616. The monoisotopic (exact) mass is 419 g/mol. The zero-order chi connectivity index (χ0) is 21.5. The van der Waals surface area contributed by atoms with E-state index in [9.17, 15) is 4.79 Å². The Bertz CT molecular complexity index is 964. The van der Waals surface area contributed by atoms with Crippen LogP contribution < -0.4 is 20.3 Å². The van der Waals surface area contributed by atoms with Crippen molar-refractivity contribution >= 4 is 11.7 Å². The number of hydrogen-bond acceptors (Lipinski definition) is 4. The molecule has 2 amide bonds. The number of nitrogens with one attached hydrogen (secondary N) is 2. The Labute approximate surface area is 183 Å². The summed E-state index contributed by atoms with van der Waals surface area (Å²) in [5.74, 6) is 0.865. The minimum absolute atomic E-state index is 0.111. The maximum absolute atomic E-state index is 12.4. The van der Waals surface area contributed by atoms with E-state index < -0.39 is 0 Å². The molecule has 3 aromatic rings. The van der Waals surface area contributed by atoms with Gasteiger partial charge in [-0.3, -0.25) is 4.68 Å². The van der Waals surface area contributed by atoms with Gasteiger partial charge in [-0.1, -0.05) is 24.3 Å². The molecule has 0 radical (unpaired) electrons. The summed E-state index contributed by atoms with van der Waals surface area (Å²) in [6.07, 6.45) is 5.58. The number of methoxy groups -OCH3 is 1. The maximum Gasteiger partial charge on any atom is 0.315 e. The van der Waals surface area contributed by atoms with Crippen molar-refractivity contribution in [3.05, 3.63) is 78.1 Å². The van der Waals surface area contributed by atoms with Gasteiger partial charge in [0.25, 0.3) is 0 Å². The van der Waals surface area contributed by atoms with Crippen LogP contribution in [-0.4, -0.2) is 42.1 Å². The molecule has 0 saturated carbocycles. The minimum Gasteiger partial charge on any atom is -0.497 e. The molecule has 0 atom stereocenters. The molecular weight excluding hydrogens is 390 g/mol. The van der Waals surface area contributed by atoms with Crippen molar-refractivity contribution in [2.45, 2.75) is 32.0 Å². The van der Waals surface area contributed by atoms with E-state index in [-0.39, 0.29) is 12.1 Å². The number of piperidine rings is 1. The molecule has 0 bridgehead atoms. The largest absolute Gasteiger partial charge is 0.497 e. The highest BCUT2D eigenvalue weighted by Crippen LogP contribution is 2.22. The summed E-state index contributed by atoms with van der Waals surface area (Å²) in [6, 6.07) is 18.4. The molecular formula is C24H29N5O2. The van der Waals surface area contributed by atoms with Crippen LogP contribution in [-0.2, 0) is 13.1 Å². The first-order valence-corrected chi connectivity index (χ1v) is 10.7. The van der Waals surface area contributed by atoms with Gasteiger partial charge in [-0.05, 0) is 54.3 Å². The Morgan fingerprint density at radius 1 is 1.10 bits per heavy atom. The Balaban J connectivity index is 1.21. The lowest BCUT2D eigenvalue weighted by Crippen LogP contribution is -2.47. The van der Waals surface area contributed by atoms with E-state index in [0.717, 1.165) is 49.4 Å². The molecule has 0 spiro atoms. The highest BCUT2D eigenvalue weighted by atomic mass is 16.5. The third kappa shape index (κ3) is 5.78. The van der Waals surface area contributed by atoms with Crippen LogP contribution in [0.5, 0.6) is 5.75 Å². The molecule has 1 saturated heterocycles. The number of aromatic nitrogens is 2. The third-order valence-electron chi connectivity index (χ3n) is 5.62. The van der Waals surface area contributed by atoms with Gasteiger partial charge in [-0.2, -0.15) is 5.10 Å². The highest BCUT2D eigenvalue weighted by molar-refractivity contribution is 5.74. The van der Waals surface area contributed by atoms with Crippen molar-refractivity contribution < 1.29 is 9.53 Å². The fourth-order valence-corrected chi connectivity index (χ4v) is 3.91. The van der Waals surface area contributed by atoms with Crippen molar-refractivity contribution in [3.63, 3.8) is 0 Å². The second-order valence-electron chi connectivity index (χ2n) is 7.81. The van der Waals surface area contributed by atoms with Gasteiger partial charge in [0.1, 0.15) is 5.75 Å². The van der Waals surface area contributed by atoms with Crippen molar-refractivity contribution in [1.82, 2.24) is 20.4 Å². The molecule has 0 unspecified atom stereocenters. The topological polar surface area (TPSA) is 71.4 Å². The summed E-state index contributed by atoms with van der Waals surface area (Å²) >= 11 is 0. The van der Waals surface area contributed by atoms with E-state index in [1.54, 1.807) is 13.3 Å². The standard InChI is InChI=1S/C24H29N5O2/c1-31-23-8-6-22(7-9-23)28-14-10-21(11-15-28)27-24(30)25-17-19-4-2-5-20(16-19)18-29-13-3-12-26-29/h2-9,12-13,16,21H,10-11,14-15,17-18H2,1H3,(H2,25,27,30). The number of benzene rings is 2. The summed E-state index contributed by atoms with van der Waals surface area (Å²) < 4.78 is 7.11. The van der Waals surface area contributed by atoms with E-state index in [2.05, 4.69) is 44.9 Å². The Kier molecular flexibility index (Phi) is 6.72. The van der Waals surface area contributed by atoms with Gasteiger partial charge in [-0.25, -0.2) is 4.79 Å². The number of urea groups is 1. The van der Waals surface area contributed by atoms with Gasteiger partial charge in [0.05, 0.1) is 13.7 Å². The Hall–Kier alpha value is -3.48. The number of ether oxygens (including phenoxy) is 1. The average molecular weight is 420 g/mol. The molecule has 7 nitrogen and oxygen atoms in total. The van der Waals surface area contributed by atoms with Crippen LogP contribution in [0.1, 0.15) is 24.0 Å². The van der Waals surface area contributed by atoms with Crippen LogP contribution in [0.2, 0.25) is 0 Å². The molecule has 4 rings (SSSR count). The minimum atomic E-state index is -0.111. The summed E-state index contributed by atoms with van der Waals surface area (Å²) in [5, 5.41) is 10.3. The lowest BCUT2D eigenvalue weighted by Gasteiger charge is -2.34. The highest BCUT2D eigenvalue weighted by Gasteiger charge is 2.20. The van der Waals surface area contributed by atoms with E-state index in [0.29, 0.717) is 6.54 Å². The number of rotatable bonds is 7. The lowest BCUT2D eigenvalue weighted by molar-refractivity contribution is 0.234. The van der Waals surface area contributed by atoms with E-state index >= 15 is 0 Å². The average Bonchev–Trinajstić information content (AvgIpc) is 3.32. The third-order valence-corrected chi connectivity index (χ3v) is 5.62. The first kappa shape index (κ1) is 20.8. The van der Waals surface area contributed by atoms with Gasteiger partial charge in [-0.15, -0.1) is 0 Å². The fraction of sp³-hybridized carbons (Fsp3) is 0.333. The van der Waals surface area contributed by atoms with Crippen LogP contribution in [0, 0.1) is 0 Å². The summed E-state index contributed by atoms with van der Waals surface area (Å²) in [4.78, 5) is 14.7. The molecule has 7 heteroatoms. The van der Waals surface area contributed by atoms with E-state index in [4.69, 9.17) is 4.74 Å². The second kappa shape index (κ2) is 10.0. The van der Waals surface area contributed by atoms with Crippen LogP contribution >= 0.6 is 0 Å². The molecule has 2 aromatic carbocycles. The van der Waals surface area contributed by atoms with Crippen LogP contribution in [0.3, 0.4) is 0 Å². The SMILES string of the molecule is COc1ccc(N2CCC(NC(=O)NCc3cccc(Cn4cccn4)c3)CC2)cc1. The number of nitrogens with zero attached hydrogens (tertiary/aromatic N) is 3. The van der Waals surface area contributed by atoms with Crippen molar-refractivity contribution in [2.24, 2.45) is 0 Å². The van der Waals surface area contributed by atoms with E-state index in [1.165, 1.54) is 5.69 Å². The van der Waals surface area contributed by atoms with Crippen molar-refractivity contribution in [3.8, 4) is 5.75 Å². The normalized spacial score (nSPS) is 14.3. The van der Waals surface area contributed by atoms with Crippen LogP contribution in [0.25, 0.3) is 0 Å². The van der Waals surface area contributed by atoms with Crippen LogP contribution in [0.15, 0.2) is 67.0 Å². The van der Waals surface area contributed by atoms with Gasteiger partial charge >= 0.3 is 6.03 Å². The van der Waals surface area contributed by atoms with Gasteiger partial charge in [0.2, 0.25) is 0 Å².